The Bertz CT molecular complexity index is 718. The lowest BCUT2D eigenvalue weighted by molar-refractivity contribution is -0.131. The molecule has 3 nitrogen and oxygen atoms in total. The summed E-state index contributed by atoms with van der Waals surface area (Å²) < 4.78 is 0. The van der Waals surface area contributed by atoms with Gasteiger partial charge in [0.25, 0.3) is 0 Å². The summed E-state index contributed by atoms with van der Waals surface area (Å²) in [5, 5.41) is 8.93. The first kappa shape index (κ1) is 14.3. The Hall–Kier alpha value is -2.60. The van der Waals surface area contributed by atoms with Crippen LogP contribution in [0.5, 0.6) is 0 Å². The normalized spacial score (nSPS) is 19.3. The largest absolute Gasteiger partial charge is 0.341 e. The van der Waals surface area contributed by atoms with E-state index >= 15 is 0 Å². The monoisotopic (exact) mass is 290 g/mol. The third-order valence-corrected chi connectivity index (χ3v) is 4.19. The summed E-state index contributed by atoms with van der Waals surface area (Å²) in [7, 11) is 1.84. The SMILES string of the molecule is CN(Cc1cccc(C#N)c1)C(=O)C1CC1c1ccccc1. The van der Waals surface area contributed by atoms with Crippen molar-refractivity contribution in [2.24, 2.45) is 5.92 Å². The van der Waals surface area contributed by atoms with Crippen molar-refractivity contribution < 1.29 is 4.79 Å². The first-order chi connectivity index (χ1) is 10.7. The Balaban J connectivity index is 1.63. The van der Waals surface area contributed by atoms with Crippen molar-refractivity contribution in [1.29, 1.82) is 5.26 Å². The lowest BCUT2D eigenvalue weighted by Gasteiger charge is -2.17. The minimum Gasteiger partial charge on any atom is -0.341 e. The van der Waals surface area contributed by atoms with Crippen LogP contribution < -0.4 is 0 Å². The van der Waals surface area contributed by atoms with E-state index in [0.29, 0.717) is 18.0 Å². The second-order valence-corrected chi connectivity index (χ2v) is 5.87. The van der Waals surface area contributed by atoms with Gasteiger partial charge in [0.1, 0.15) is 0 Å². The first-order valence-corrected chi connectivity index (χ1v) is 7.48. The zero-order valence-electron chi connectivity index (χ0n) is 12.6. The molecule has 3 rings (SSSR count). The molecule has 1 aliphatic rings. The number of amides is 1. The molecule has 0 N–H and O–H groups in total. The van der Waals surface area contributed by atoms with Crippen LogP contribution in [0.2, 0.25) is 0 Å². The van der Waals surface area contributed by atoms with Gasteiger partial charge in [0.05, 0.1) is 11.6 Å². The Morgan fingerprint density at radius 2 is 2.00 bits per heavy atom. The minimum absolute atomic E-state index is 0.103. The molecular formula is C19H18N2O. The van der Waals surface area contributed by atoms with Gasteiger partial charge >= 0.3 is 0 Å². The van der Waals surface area contributed by atoms with E-state index in [2.05, 4.69) is 18.2 Å². The molecule has 0 heterocycles. The van der Waals surface area contributed by atoms with Crippen LogP contribution in [-0.4, -0.2) is 17.9 Å². The van der Waals surface area contributed by atoms with E-state index in [1.165, 1.54) is 5.56 Å². The van der Waals surface area contributed by atoms with Crippen molar-refractivity contribution in [3.05, 3.63) is 71.3 Å². The van der Waals surface area contributed by atoms with Crippen molar-refractivity contribution >= 4 is 5.91 Å². The first-order valence-electron chi connectivity index (χ1n) is 7.48. The highest BCUT2D eigenvalue weighted by Crippen LogP contribution is 2.48. The number of nitrogens with zero attached hydrogens (tertiary/aromatic N) is 2. The zero-order valence-corrected chi connectivity index (χ0v) is 12.6. The molecule has 2 unspecified atom stereocenters. The van der Waals surface area contributed by atoms with E-state index in [1.807, 2.05) is 43.4 Å². The number of rotatable bonds is 4. The number of benzene rings is 2. The van der Waals surface area contributed by atoms with Crippen molar-refractivity contribution in [3.63, 3.8) is 0 Å². The average molecular weight is 290 g/mol. The molecule has 0 aromatic heterocycles. The zero-order chi connectivity index (χ0) is 15.5. The smallest absolute Gasteiger partial charge is 0.226 e. The molecular weight excluding hydrogens is 272 g/mol. The number of carbonyl (C=O) groups is 1. The van der Waals surface area contributed by atoms with Crippen LogP contribution >= 0.6 is 0 Å². The molecule has 0 spiro atoms. The number of carbonyl (C=O) groups excluding carboxylic acids is 1. The Kier molecular flexibility index (Phi) is 3.93. The summed E-state index contributed by atoms with van der Waals surface area (Å²) in [4.78, 5) is 14.3. The summed E-state index contributed by atoms with van der Waals surface area (Å²) in [6.07, 6.45) is 0.936. The van der Waals surface area contributed by atoms with Crippen LogP contribution in [0.4, 0.5) is 0 Å². The second-order valence-electron chi connectivity index (χ2n) is 5.87. The third kappa shape index (κ3) is 3.01. The van der Waals surface area contributed by atoms with Gasteiger partial charge in [-0.2, -0.15) is 5.26 Å². The predicted molar refractivity (Wildman–Crippen MR) is 84.9 cm³/mol. The fourth-order valence-corrected chi connectivity index (χ4v) is 2.91. The Morgan fingerprint density at radius 3 is 2.73 bits per heavy atom. The van der Waals surface area contributed by atoms with E-state index in [0.717, 1.165) is 12.0 Å². The molecule has 0 bridgehead atoms. The van der Waals surface area contributed by atoms with Crippen molar-refractivity contribution in [2.75, 3.05) is 7.05 Å². The van der Waals surface area contributed by atoms with Crippen molar-refractivity contribution in [2.45, 2.75) is 18.9 Å². The Morgan fingerprint density at radius 1 is 1.23 bits per heavy atom. The topological polar surface area (TPSA) is 44.1 Å². The van der Waals surface area contributed by atoms with Crippen LogP contribution in [0, 0.1) is 17.2 Å². The van der Waals surface area contributed by atoms with E-state index in [4.69, 9.17) is 5.26 Å². The highest BCUT2D eigenvalue weighted by Gasteiger charge is 2.44. The fraction of sp³-hybridized carbons (Fsp3) is 0.263. The summed E-state index contributed by atoms with van der Waals surface area (Å²) in [6.45, 7) is 0.548. The number of nitriles is 1. The van der Waals surface area contributed by atoms with E-state index in [-0.39, 0.29) is 11.8 Å². The van der Waals surface area contributed by atoms with Gasteiger partial charge in [-0.3, -0.25) is 4.79 Å². The highest BCUT2D eigenvalue weighted by molar-refractivity contribution is 5.82. The van der Waals surface area contributed by atoms with E-state index < -0.39 is 0 Å². The van der Waals surface area contributed by atoms with Gasteiger partial charge in [-0.05, 0) is 35.6 Å². The number of hydrogen-bond acceptors (Lipinski definition) is 2. The van der Waals surface area contributed by atoms with Crippen LogP contribution in [0.3, 0.4) is 0 Å². The maximum absolute atomic E-state index is 12.5. The molecule has 0 aliphatic heterocycles. The molecule has 22 heavy (non-hydrogen) atoms. The van der Waals surface area contributed by atoms with Gasteiger partial charge in [-0.15, -0.1) is 0 Å². The van der Waals surface area contributed by atoms with Gasteiger partial charge in [-0.25, -0.2) is 0 Å². The molecule has 1 aliphatic carbocycles. The van der Waals surface area contributed by atoms with Crippen LogP contribution in [0.15, 0.2) is 54.6 Å². The minimum atomic E-state index is 0.103. The molecule has 1 saturated carbocycles. The predicted octanol–water partition coefficient (Wildman–Crippen LogP) is 3.32. The van der Waals surface area contributed by atoms with Crippen LogP contribution in [-0.2, 0) is 11.3 Å². The van der Waals surface area contributed by atoms with Gasteiger partial charge in [0.15, 0.2) is 0 Å². The van der Waals surface area contributed by atoms with Crippen molar-refractivity contribution in [1.82, 2.24) is 4.90 Å². The summed E-state index contributed by atoms with van der Waals surface area (Å²) in [6, 6.07) is 19.8. The highest BCUT2D eigenvalue weighted by atomic mass is 16.2. The van der Waals surface area contributed by atoms with E-state index in [9.17, 15) is 4.79 Å². The molecule has 0 saturated heterocycles. The Labute approximate surface area is 130 Å². The van der Waals surface area contributed by atoms with Gasteiger partial charge in [-0.1, -0.05) is 42.5 Å². The molecule has 2 aromatic rings. The van der Waals surface area contributed by atoms with E-state index in [1.54, 1.807) is 11.0 Å². The molecule has 1 fully saturated rings. The molecule has 2 aromatic carbocycles. The molecule has 2 atom stereocenters. The van der Waals surface area contributed by atoms with Gasteiger partial charge in [0.2, 0.25) is 5.91 Å². The van der Waals surface area contributed by atoms with Crippen LogP contribution in [0.25, 0.3) is 0 Å². The maximum atomic E-state index is 12.5. The molecule has 110 valence electrons. The molecule has 1 amide bonds. The third-order valence-electron chi connectivity index (χ3n) is 4.19. The lowest BCUT2D eigenvalue weighted by atomic mass is 10.1. The van der Waals surface area contributed by atoms with Crippen molar-refractivity contribution in [3.8, 4) is 6.07 Å². The second kappa shape index (κ2) is 6.03. The standard InChI is InChI=1S/C19H18N2O/c1-21(13-15-7-5-6-14(10-15)12-20)19(22)18-11-17(18)16-8-3-2-4-9-16/h2-10,17-18H,11,13H2,1H3. The van der Waals surface area contributed by atoms with Crippen LogP contribution in [0.1, 0.15) is 29.0 Å². The molecule has 3 heteroatoms. The summed E-state index contributed by atoms with van der Waals surface area (Å²) in [5.41, 5.74) is 2.87. The fourth-order valence-electron chi connectivity index (χ4n) is 2.91. The van der Waals surface area contributed by atoms with Gasteiger partial charge in [0, 0.05) is 19.5 Å². The average Bonchev–Trinajstić information content (AvgIpc) is 3.35. The maximum Gasteiger partial charge on any atom is 0.226 e. The quantitative estimate of drug-likeness (QED) is 0.867. The lowest BCUT2D eigenvalue weighted by Crippen LogP contribution is -2.28. The molecule has 0 radical (unpaired) electrons. The van der Waals surface area contributed by atoms with Gasteiger partial charge < -0.3 is 4.90 Å². The summed E-state index contributed by atoms with van der Waals surface area (Å²) in [5.74, 6) is 0.657. The summed E-state index contributed by atoms with van der Waals surface area (Å²) >= 11 is 0. The number of hydrogen-bond donors (Lipinski definition) is 0.